The largest absolute Gasteiger partial charge is 0.495 e. The van der Waals surface area contributed by atoms with E-state index in [2.05, 4.69) is 10.3 Å². The predicted molar refractivity (Wildman–Crippen MR) is 60.5 cm³/mol. The van der Waals surface area contributed by atoms with Crippen LogP contribution in [0.1, 0.15) is 0 Å². The van der Waals surface area contributed by atoms with Crippen molar-refractivity contribution in [2.75, 3.05) is 12.4 Å². The number of nitrogens with zero attached hydrogens (tertiary/aromatic N) is 1. The first-order valence-corrected chi connectivity index (χ1v) is 4.70. The Bertz CT molecular complexity index is 429. The zero-order valence-electron chi connectivity index (χ0n) is 8.47. The van der Waals surface area contributed by atoms with E-state index in [1.165, 1.54) is 0 Å². The molecule has 0 aliphatic heterocycles. The zero-order chi connectivity index (χ0) is 10.5. The third kappa shape index (κ3) is 2.26. The van der Waals surface area contributed by atoms with E-state index in [1.54, 1.807) is 19.5 Å². The second-order valence-electron chi connectivity index (χ2n) is 3.07. The van der Waals surface area contributed by atoms with E-state index in [4.69, 9.17) is 4.74 Å². The molecular weight excluding hydrogens is 188 g/mol. The third-order valence-electron chi connectivity index (χ3n) is 2.05. The van der Waals surface area contributed by atoms with Crippen LogP contribution in [0.3, 0.4) is 0 Å². The number of pyridine rings is 1. The maximum absolute atomic E-state index is 5.23. The first-order valence-electron chi connectivity index (χ1n) is 4.70. The minimum atomic E-state index is 0.821. The summed E-state index contributed by atoms with van der Waals surface area (Å²) in [6.45, 7) is 0. The molecule has 0 radical (unpaired) electrons. The molecule has 1 heterocycles. The Morgan fingerprint density at radius 3 is 2.73 bits per heavy atom. The lowest BCUT2D eigenvalue weighted by Gasteiger charge is -2.09. The molecule has 0 aliphatic rings. The van der Waals surface area contributed by atoms with Crippen molar-refractivity contribution in [1.29, 1.82) is 0 Å². The van der Waals surface area contributed by atoms with Gasteiger partial charge in [0.2, 0.25) is 0 Å². The van der Waals surface area contributed by atoms with Gasteiger partial charge in [0.05, 0.1) is 24.7 Å². The van der Waals surface area contributed by atoms with Gasteiger partial charge in [-0.1, -0.05) is 12.1 Å². The predicted octanol–water partition coefficient (Wildman–Crippen LogP) is 2.83. The number of benzene rings is 1. The topological polar surface area (TPSA) is 34.1 Å². The van der Waals surface area contributed by atoms with Crippen LogP contribution >= 0.6 is 0 Å². The van der Waals surface area contributed by atoms with E-state index in [9.17, 15) is 0 Å². The van der Waals surface area contributed by atoms with E-state index in [0.717, 1.165) is 17.1 Å². The highest BCUT2D eigenvalue weighted by atomic mass is 16.5. The van der Waals surface area contributed by atoms with Crippen molar-refractivity contribution >= 4 is 11.4 Å². The van der Waals surface area contributed by atoms with Crippen LogP contribution < -0.4 is 10.1 Å². The molecule has 3 heteroatoms. The molecule has 1 N–H and O–H groups in total. The molecule has 1 aromatic heterocycles. The fourth-order valence-corrected chi connectivity index (χ4v) is 1.34. The van der Waals surface area contributed by atoms with Crippen molar-refractivity contribution < 1.29 is 4.74 Å². The zero-order valence-corrected chi connectivity index (χ0v) is 8.47. The van der Waals surface area contributed by atoms with Gasteiger partial charge >= 0.3 is 0 Å². The molecule has 1 aromatic carbocycles. The summed E-state index contributed by atoms with van der Waals surface area (Å²) in [5.74, 6) is 0.821. The average molecular weight is 200 g/mol. The Morgan fingerprint density at radius 1 is 1.13 bits per heavy atom. The normalized spacial score (nSPS) is 9.67. The molecule has 0 fully saturated rings. The number of hydrogen-bond donors (Lipinski definition) is 1. The van der Waals surface area contributed by atoms with Crippen molar-refractivity contribution in [3.05, 3.63) is 48.8 Å². The second-order valence-corrected chi connectivity index (χ2v) is 3.07. The lowest BCUT2D eigenvalue weighted by molar-refractivity contribution is 0.417. The van der Waals surface area contributed by atoms with Crippen molar-refractivity contribution in [3.63, 3.8) is 0 Å². The quantitative estimate of drug-likeness (QED) is 0.827. The van der Waals surface area contributed by atoms with Gasteiger partial charge in [0.25, 0.3) is 0 Å². The molecule has 0 atom stereocenters. The minimum absolute atomic E-state index is 0.821. The lowest BCUT2D eigenvalue weighted by Crippen LogP contribution is -1.94. The number of rotatable bonds is 3. The molecule has 76 valence electrons. The summed E-state index contributed by atoms with van der Waals surface area (Å²) in [5.41, 5.74) is 1.88. The smallest absolute Gasteiger partial charge is 0.142 e. The summed E-state index contributed by atoms with van der Waals surface area (Å²) in [5, 5.41) is 3.24. The average Bonchev–Trinajstić information content (AvgIpc) is 2.31. The van der Waals surface area contributed by atoms with Gasteiger partial charge in [-0.25, -0.2) is 0 Å². The minimum Gasteiger partial charge on any atom is -0.495 e. The second kappa shape index (κ2) is 4.46. The summed E-state index contributed by atoms with van der Waals surface area (Å²) in [4.78, 5) is 4.03. The highest BCUT2D eigenvalue weighted by Crippen LogP contribution is 2.26. The SMILES string of the molecule is COc1ccccc1Nc1cccnc1. The molecule has 0 amide bonds. The van der Waals surface area contributed by atoms with Crippen LogP contribution in [0.4, 0.5) is 11.4 Å². The van der Waals surface area contributed by atoms with Crippen LogP contribution in [0, 0.1) is 0 Å². The fraction of sp³-hybridized carbons (Fsp3) is 0.0833. The molecule has 0 aliphatic carbocycles. The molecule has 3 nitrogen and oxygen atoms in total. The number of methoxy groups -OCH3 is 1. The van der Waals surface area contributed by atoms with Crippen LogP contribution in [-0.2, 0) is 0 Å². The van der Waals surface area contributed by atoms with Crippen LogP contribution in [0.5, 0.6) is 5.75 Å². The summed E-state index contributed by atoms with van der Waals surface area (Å²) >= 11 is 0. The summed E-state index contributed by atoms with van der Waals surface area (Å²) in [6.07, 6.45) is 3.51. The molecule has 2 aromatic rings. The van der Waals surface area contributed by atoms with Gasteiger partial charge < -0.3 is 10.1 Å². The molecule has 0 spiro atoms. The van der Waals surface area contributed by atoms with Crippen LogP contribution in [-0.4, -0.2) is 12.1 Å². The Labute approximate surface area is 88.7 Å². The van der Waals surface area contributed by atoms with Gasteiger partial charge in [0.1, 0.15) is 5.75 Å². The van der Waals surface area contributed by atoms with Gasteiger partial charge in [-0.2, -0.15) is 0 Å². The number of aromatic nitrogens is 1. The molecule has 2 rings (SSSR count). The molecule has 15 heavy (non-hydrogen) atoms. The van der Waals surface area contributed by atoms with Gasteiger partial charge in [-0.15, -0.1) is 0 Å². The summed E-state index contributed by atoms with van der Waals surface area (Å²) in [6, 6.07) is 11.6. The Balaban J connectivity index is 2.24. The van der Waals surface area contributed by atoms with E-state index in [-0.39, 0.29) is 0 Å². The first-order chi connectivity index (χ1) is 7.40. The Kier molecular flexibility index (Phi) is 2.83. The van der Waals surface area contributed by atoms with Crippen molar-refractivity contribution in [3.8, 4) is 5.75 Å². The molecule has 0 unspecified atom stereocenters. The van der Waals surface area contributed by atoms with Gasteiger partial charge in [0, 0.05) is 6.20 Å². The maximum Gasteiger partial charge on any atom is 0.142 e. The molecular formula is C12H12N2O. The van der Waals surface area contributed by atoms with Crippen molar-refractivity contribution in [2.24, 2.45) is 0 Å². The molecule has 0 saturated heterocycles. The highest BCUT2D eigenvalue weighted by molar-refractivity contribution is 5.65. The van der Waals surface area contributed by atoms with Gasteiger partial charge in [0.15, 0.2) is 0 Å². The van der Waals surface area contributed by atoms with Crippen molar-refractivity contribution in [2.45, 2.75) is 0 Å². The highest BCUT2D eigenvalue weighted by Gasteiger charge is 2.00. The van der Waals surface area contributed by atoms with E-state index in [1.807, 2.05) is 36.4 Å². The van der Waals surface area contributed by atoms with Crippen LogP contribution in [0.15, 0.2) is 48.8 Å². The fourth-order valence-electron chi connectivity index (χ4n) is 1.34. The Morgan fingerprint density at radius 2 is 2.00 bits per heavy atom. The van der Waals surface area contributed by atoms with E-state index in [0.29, 0.717) is 0 Å². The van der Waals surface area contributed by atoms with Crippen LogP contribution in [0.2, 0.25) is 0 Å². The molecule has 0 saturated carbocycles. The van der Waals surface area contributed by atoms with Gasteiger partial charge in [-0.3, -0.25) is 4.98 Å². The number of para-hydroxylation sites is 2. The van der Waals surface area contributed by atoms with E-state index < -0.39 is 0 Å². The number of anilines is 2. The number of ether oxygens (including phenoxy) is 1. The lowest BCUT2D eigenvalue weighted by atomic mass is 10.3. The summed E-state index contributed by atoms with van der Waals surface area (Å²) < 4.78 is 5.23. The van der Waals surface area contributed by atoms with Crippen LogP contribution in [0.25, 0.3) is 0 Å². The first kappa shape index (κ1) is 9.52. The maximum atomic E-state index is 5.23. The monoisotopic (exact) mass is 200 g/mol. The van der Waals surface area contributed by atoms with Gasteiger partial charge in [-0.05, 0) is 24.3 Å². The standard InChI is InChI=1S/C12H12N2O/c1-15-12-7-3-2-6-11(12)14-10-5-4-8-13-9-10/h2-9,14H,1H3. The van der Waals surface area contributed by atoms with E-state index >= 15 is 0 Å². The van der Waals surface area contributed by atoms with Crippen molar-refractivity contribution in [1.82, 2.24) is 4.98 Å². The number of hydrogen-bond acceptors (Lipinski definition) is 3. The molecule has 0 bridgehead atoms. The Hall–Kier alpha value is -2.03. The summed E-state index contributed by atoms with van der Waals surface area (Å²) in [7, 11) is 1.66. The number of nitrogens with one attached hydrogen (secondary N) is 1. The third-order valence-corrected chi connectivity index (χ3v) is 2.05.